The van der Waals surface area contributed by atoms with Gasteiger partial charge in [0.15, 0.2) is 0 Å². The van der Waals surface area contributed by atoms with E-state index in [1.54, 1.807) is 0 Å². The van der Waals surface area contributed by atoms with Gasteiger partial charge in [0.1, 0.15) is 0 Å². The Morgan fingerprint density at radius 3 is 0.943 bits per heavy atom. The molecule has 0 aromatic heterocycles. The summed E-state index contributed by atoms with van der Waals surface area (Å²) in [6, 6.07) is 52.7. The molecule has 0 saturated carbocycles. The molecule has 0 spiro atoms. The summed E-state index contributed by atoms with van der Waals surface area (Å²) in [6.07, 6.45) is 2.28. The summed E-state index contributed by atoms with van der Waals surface area (Å²) in [4.78, 5) is 0. The third-order valence-corrected chi connectivity index (χ3v) is 9.33. The van der Waals surface area contributed by atoms with E-state index in [4.69, 9.17) is 0 Å². The molecule has 7 rings (SSSR count). The second-order valence-electron chi connectivity index (χ2n) is 12.1. The quantitative estimate of drug-likeness (QED) is 0.171. The van der Waals surface area contributed by atoms with Crippen LogP contribution in [0.15, 0.2) is 146 Å². The fourth-order valence-electron chi connectivity index (χ4n) is 6.45. The lowest BCUT2D eigenvalue weighted by Crippen LogP contribution is -2.28. The molecule has 0 heterocycles. The summed E-state index contributed by atoms with van der Waals surface area (Å²) < 4.78 is 0. The van der Waals surface area contributed by atoms with Crippen molar-refractivity contribution in [1.82, 2.24) is 0 Å². The summed E-state index contributed by atoms with van der Waals surface area (Å²) in [6.45, 7) is 29.0. The van der Waals surface area contributed by atoms with Crippen LogP contribution in [-0.2, 0) is 18.3 Å². The van der Waals surface area contributed by atoms with Crippen LogP contribution in [0.5, 0.6) is 0 Å². The number of rotatable bonds is 4. The van der Waals surface area contributed by atoms with Crippen molar-refractivity contribution in [2.24, 2.45) is 0 Å². The third-order valence-electron chi connectivity index (χ3n) is 9.33. The zero-order chi connectivity index (χ0) is 39.8. The molecule has 6 aromatic rings. The summed E-state index contributed by atoms with van der Waals surface area (Å²) in [7, 11) is 0. The van der Waals surface area contributed by atoms with Crippen LogP contribution >= 0.6 is 0 Å². The van der Waals surface area contributed by atoms with Crippen molar-refractivity contribution in [3.63, 3.8) is 0 Å². The Hall–Kier alpha value is -4.68. The first kappa shape index (κ1) is 46.3. The third kappa shape index (κ3) is 11.7. The molecule has 6 aromatic carbocycles. The van der Waals surface area contributed by atoms with E-state index in [9.17, 15) is 0 Å². The first-order valence-corrected chi connectivity index (χ1v) is 20.3. The van der Waals surface area contributed by atoms with E-state index >= 15 is 0 Å². The molecule has 1 aliphatic rings. The Balaban J connectivity index is 0.000000419. The number of hydrogen-bond acceptors (Lipinski definition) is 0. The number of fused-ring (bicyclic) bond motifs is 3. The first-order valence-electron chi connectivity index (χ1n) is 20.3. The summed E-state index contributed by atoms with van der Waals surface area (Å²) >= 11 is 0. The van der Waals surface area contributed by atoms with Crippen molar-refractivity contribution in [1.29, 1.82) is 0 Å². The molecule has 0 heteroatoms. The van der Waals surface area contributed by atoms with Crippen molar-refractivity contribution < 1.29 is 0 Å². The summed E-state index contributed by atoms with van der Waals surface area (Å²) in [5.74, 6) is 0. The maximum Gasteiger partial charge on any atom is 0.0713 e. The van der Waals surface area contributed by atoms with Gasteiger partial charge >= 0.3 is 0 Å². The molecule has 0 aliphatic heterocycles. The molecule has 282 valence electrons. The Kier molecular flexibility index (Phi) is 22.1. The molecule has 0 unspecified atom stereocenters. The molecule has 0 N–H and O–H groups in total. The number of benzene rings is 6. The van der Waals surface area contributed by atoms with E-state index < -0.39 is 0 Å². The van der Waals surface area contributed by atoms with Gasteiger partial charge in [-0.2, -0.15) is 0 Å². The SMILES string of the molecule is CC.CC.CC.CC.CCc1ccc(C)c(C)c1.CCc1ccc(C)c(C)c1.c1ccc(C2(c3ccccc3)c3ccccc3-c3ccccc32)cc1. The zero-order valence-electron chi connectivity index (χ0n) is 35.8. The maximum atomic E-state index is 2.29. The smallest absolute Gasteiger partial charge is 0.0683 e. The zero-order valence-corrected chi connectivity index (χ0v) is 35.8. The van der Waals surface area contributed by atoms with E-state index in [0.29, 0.717) is 0 Å². The van der Waals surface area contributed by atoms with Crippen molar-refractivity contribution in [2.45, 2.75) is 115 Å². The van der Waals surface area contributed by atoms with E-state index in [2.05, 4.69) is 187 Å². The van der Waals surface area contributed by atoms with Crippen molar-refractivity contribution in [3.05, 3.63) is 201 Å². The van der Waals surface area contributed by atoms with Crippen LogP contribution < -0.4 is 0 Å². The normalized spacial score (nSPS) is 10.8. The van der Waals surface area contributed by atoms with Crippen molar-refractivity contribution in [3.8, 4) is 11.1 Å². The van der Waals surface area contributed by atoms with Gasteiger partial charge in [0, 0.05) is 0 Å². The van der Waals surface area contributed by atoms with Crippen LogP contribution in [0.4, 0.5) is 0 Å². The highest BCUT2D eigenvalue weighted by Crippen LogP contribution is 2.55. The van der Waals surface area contributed by atoms with Gasteiger partial charge in [0.05, 0.1) is 5.41 Å². The number of hydrogen-bond donors (Lipinski definition) is 0. The lowest BCUT2D eigenvalue weighted by molar-refractivity contribution is 0.768. The van der Waals surface area contributed by atoms with Crippen molar-refractivity contribution >= 4 is 0 Å². The maximum absolute atomic E-state index is 2.29. The number of aryl methyl sites for hydroxylation is 6. The Morgan fingerprint density at radius 1 is 0.340 bits per heavy atom. The highest BCUT2D eigenvalue weighted by atomic mass is 14.5. The molecule has 0 radical (unpaired) electrons. The van der Waals surface area contributed by atoms with Gasteiger partial charge in [-0.15, -0.1) is 0 Å². The average molecular weight is 707 g/mol. The molecule has 0 saturated heterocycles. The molecular weight excluding hydrogens is 637 g/mol. The summed E-state index contributed by atoms with van der Waals surface area (Å²) in [5.41, 5.74) is 16.2. The van der Waals surface area contributed by atoms with Gasteiger partial charge in [0.25, 0.3) is 0 Å². The molecular formula is C53H70. The van der Waals surface area contributed by atoms with Crippen LogP contribution in [0, 0.1) is 27.7 Å². The molecule has 0 fully saturated rings. The van der Waals surface area contributed by atoms with Crippen LogP contribution in [0.1, 0.15) is 125 Å². The van der Waals surface area contributed by atoms with E-state index in [1.807, 2.05) is 55.4 Å². The fourth-order valence-corrected chi connectivity index (χ4v) is 6.45. The molecule has 0 amide bonds. The van der Waals surface area contributed by atoms with Gasteiger partial charge in [-0.3, -0.25) is 0 Å². The molecule has 1 aliphatic carbocycles. The molecule has 0 atom stereocenters. The van der Waals surface area contributed by atoms with Crippen LogP contribution in [0.2, 0.25) is 0 Å². The second-order valence-corrected chi connectivity index (χ2v) is 12.1. The van der Waals surface area contributed by atoms with Gasteiger partial charge in [0.2, 0.25) is 0 Å². The van der Waals surface area contributed by atoms with Gasteiger partial charge in [-0.1, -0.05) is 215 Å². The minimum atomic E-state index is -0.254. The van der Waals surface area contributed by atoms with Gasteiger partial charge < -0.3 is 0 Å². The fraction of sp³-hybridized carbons (Fsp3) is 0.321. The van der Waals surface area contributed by atoms with E-state index in [1.165, 1.54) is 66.8 Å². The van der Waals surface area contributed by atoms with E-state index in [0.717, 1.165) is 12.8 Å². The Morgan fingerprint density at radius 2 is 0.642 bits per heavy atom. The van der Waals surface area contributed by atoms with Crippen LogP contribution in [0.25, 0.3) is 11.1 Å². The minimum Gasteiger partial charge on any atom is -0.0683 e. The monoisotopic (exact) mass is 707 g/mol. The lowest BCUT2D eigenvalue weighted by atomic mass is 9.68. The Labute approximate surface area is 326 Å². The molecule has 0 nitrogen and oxygen atoms in total. The topological polar surface area (TPSA) is 0 Å². The highest BCUT2D eigenvalue weighted by molar-refractivity contribution is 5.86. The van der Waals surface area contributed by atoms with Gasteiger partial charge in [-0.25, -0.2) is 0 Å². The lowest BCUT2D eigenvalue weighted by Gasteiger charge is -2.33. The van der Waals surface area contributed by atoms with Crippen LogP contribution in [-0.4, -0.2) is 0 Å². The summed E-state index contributed by atoms with van der Waals surface area (Å²) in [5, 5.41) is 0. The van der Waals surface area contributed by atoms with Gasteiger partial charge in [-0.05, 0) is 107 Å². The largest absolute Gasteiger partial charge is 0.0713 e. The minimum absolute atomic E-state index is 0.254. The second kappa shape index (κ2) is 25.3. The molecule has 53 heavy (non-hydrogen) atoms. The average Bonchev–Trinajstić information content (AvgIpc) is 3.55. The van der Waals surface area contributed by atoms with Crippen LogP contribution in [0.3, 0.4) is 0 Å². The predicted octanol–water partition coefficient (Wildman–Crippen LogP) is 15.9. The highest BCUT2D eigenvalue weighted by Gasteiger charge is 2.45. The Bertz CT molecular complexity index is 1700. The standard InChI is InChI=1S/C25H18.2C10H14.4C2H6/c1-3-11-19(12-4-1)25(20-13-5-2-6-14-20)23-17-9-7-15-21(23)22-16-8-10-18-24(22)25;2*1-4-10-6-5-8(2)9(3)7-10;4*1-2/h1-18H;2*5-7H,4H2,1-3H3;4*1-2H3. The molecule has 0 bridgehead atoms. The first-order chi connectivity index (χ1) is 25.9. The van der Waals surface area contributed by atoms with E-state index in [-0.39, 0.29) is 5.41 Å². The van der Waals surface area contributed by atoms with Crippen molar-refractivity contribution in [2.75, 3.05) is 0 Å². The predicted molar refractivity (Wildman–Crippen MR) is 240 cm³/mol.